The summed E-state index contributed by atoms with van der Waals surface area (Å²) in [6.45, 7) is 8.65. The van der Waals surface area contributed by atoms with Crippen LogP contribution in [0.15, 0.2) is 48.5 Å². The van der Waals surface area contributed by atoms with Crippen molar-refractivity contribution in [3.63, 3.8) is 0 Å². The molecule has 2 rings (SSSR count). The molecular formula is C22H28N2O3. The third kappa shape index (κ3) is 6.77. The summed E-state index contributed by atoms with van der Waals surface area (Å²) in [7, 11) is 0. The van der Waals surface area contributed by atoms with Gasteiger partial charge in [0.05, 0.1) is 6.61 Å². The Labute approximate surface area is 161 Å². The van der Waals surface area contributed by atoms with Gasteiger partial charge in [-0.05, 0) is 60.9 Å². The second-order valence-electron chi connectivity index (χ2n) is 7.23. The minimum Gasteiger partial charge on any atom is -0.494 e. The van der Waals surface area contributed by atoms with Crippen LogP contribution in [-0.4, -0.2) is 18.4 Å². The Kier molecular flexibility index (Phi) is 7.41. The van der Waals surface area contributed by atoms with Crippen LogP contribution in [0.25, 0.3) is 0 Å². The maximum absolute atomic E-state index is 12.4. The lowest BCUT2D eigenvalue weighted by molar-refractivity contribution is -0.118. The molecule has 2 N–H and O–H groups in total. The molecule has 0 bridgehead atoms. The van der Waals surface area contributed by atoms with E-state index in [-0.39, 0.29) is 17.7 Å². The summed E-state index contributed by atoms with van der Waals surface area (Å²) >= 11 is 0. The number of carbonyl (C=O) groups excluding carboxylic acids is 2. The Balaban J connectivity index is 1.90. The van der Waals surface area contributed by atoms with E-state index in [1.54, 1.807) is 48.5 Å². The van der Waals surface area contributed by atoms with Gasteiger partial charge in [-0.2, -0.15) is 0 Å². The average Bonchev–Trinajstić information content (AvgIpc) is 2.63. The molecule has 0 unspecified atom stereocenters. The van der Waals surface area contributed by atoms with Gasteiger partial charge in [-0.3, -0.25) is 9.59 Å². The van der Waals surface area contributed by atoms with Crippen molar-refractivity contribution in [3.8, 4) is 5.75 Å². The Morgan fingerprint density at radius 1 is 0.852 bits per heavy atom. The first kappa shape index (κ1) is 20.5. The monoisotopic (exact) mass is 368 g/mol. The molecule has 0 atom stereocenters. The van der Waals surface area contributed by atoms with E-state index < -0.39 is 0 Å². The van der Waals surface area contributed by atoms with Crippen molar-refractivity contribution in [2.45, 2.75) is 34.1 Å². The van der Waals surface area contributed by atoms with E-state index in [0.29, 0.717) is 29.5 Å². The normalized spacial score (nSPS) is 10.7. The third-order valence-corrected chi connectivity index (χ3v) is 4.02. The van der Waals surface area contributed by atoms with Crippen LogP contribution in [0, 0.1) is 11.8 Å². The highest BCUT2D eigenvalue weighted by atomic mass is 16.5. The molecule has 0 aliphatic heterocycles. The molecule has 2 aromatic carbocycles. The fourth-order valence-corrected chi connectivity index (χ4v) is 2.24. The maximum Gasteiger partial charge on any atom is 0.255 e. The Hall–Kier alpha value is -2.82. The molecule has 0 aliphatic rings. The zero-order valence-corrected chi connectivity index (χ0v) is 16.4. The molecule has 0 fully saturated rings. The van der Waals surface area contributed by atoms with E-state index >= 15 is 0 Å². The van der Waals surface area contributed by atoms with E-state index in [0.717, 1.165) is 12.2 Å². The fraction of sp³-hybridized carbons (Fsp3) is 0.364. The number of amides is 2. The standard InChI is InChI=1S/C22H28N2O3/c1-15(2)13-14-27-20-11-5-17(6-12-20)22(26)24-19-9-7-18(8-10-19)23-21(25)16(3)4/h5-12,15-16H,13-14H2,1-4H3,(H,23,25)(H,24,26). The average molecular weight is 368 g/mol. The number of anilines is 2. The van der Waals surface area contributed by atoms with Crippen LogP contribution in [-0.2, 0) is 4.79 Å². The summed E-state index contributed by atoms with van der Waals surface area (Å²) in [6.07, 6.45) is 0.996. The van der Waals surface area contributed by atoms with E-state index in [1.165, 1.54) is 0 Å². The molecule has 5 nitrogen and oxygen atoms in total. The smallest absolute Gasteiger partial charge is 0.255 e. The van der Waals surface area contributed by atoms with Gasteiger partial charge in [0.15, 0.2) is 0 Å². The predicted molar refractivity (Wildman–Crippen MR) is 109 cm³/mol. The van der Waals surface area contributed by atoms with Crippen molar-refractivity contribution >= 4 is 23.2 Å². The minimum absolute atomic E-state index is 0.0394. The van der Waals surface area contributed by atoms with Crippen LogP contribution in [0.5, 0.6) is 5.75 Å². The van der Waals surface area contributed by atoms with Crippen LogP contribution in [0.2, 0.25) is 0 Å². The molecule has 0 aliphatic carbocycles. The summed E-state index contributed by atoms with van der Waals surface area (Å²) in [5.74, 6) is 1.05. The van der Waals surface area contributed by atoms with Gasteiger partial charge >= 0.3 is 0 Å². The van der Waals surface area contributed by atoms with Crippen LogP contribution >= 0.6 is 0 Å². The molecule has 2 aromatic rings. The van der Waals surface area contributed by atoms with Crippen molar-refractivity contribution < 1.29 is 14.3 Å². The lowest BCUT2D eigenvalue weighted by Gasteiger charge is -2.10. The van der Waals surface area contributed by atoms with Gasteiger partial charge in [0.2, 0.25) is 5.91 Å². The molecule has 144 valence electrons. The Morgan fingerprint density at radius 3 is 1.93 bits per heavy atom. The summed E-state index contributed by atoms with van der Waals surface area (Å²) in [6, 6.07) is 14.2. The van der Waals surface area contributed by atoms with Crippen LogP contribution in [0.3, 0.4) is 0 Å². The summed E-state index contributed by atoms with van der Waals surface area (Å²) in [4.78, 5) is 24.1. The van der Waals surface area contributed by atoms with E-state index in [4.69, 9.17) is 4.74 Å². The van der Waals surface area contributed by atoms with Gasteiger partial charge < -0.3 is 15.4 Å². The SMILES string of the molecule is CC(C)CCOc1ccc(C(=O)Nc2ccc(NC(=O)C(C)C)cc2)cc1. The second-order valence-corrected chi connectivity index (χ2v) is 7.23. The second kappa shape index (κ2) is 9.76. The molecule has 5 heteroatoms. The van der Waals surface area contributed by atoms with E-state index in [1.807, 2.05) is 13.8 Å². The van der Waals surface area contributed by atoms with Crippen molar-refractivity contribution in [3.05, 3.63) is 54.1 Å². The molecular weight excluding hydrogens is 340 g/mol. The van der Waals surface area contributed by atoms with E-state index in [2.05, 4.69) is 24.5 Å². The fourth-order valence-electron chi connectivity index (χ4n) is 2.24. The molecule has 0 spiro atoms. The lowest BCUT2D eigenvalue weighted by Crippen LogP contribution is -2.17. The first-order valence-electron chi connectivity index (χ1n) is 9.30. The molecule has 0 aromatic heterocycles. The first-order valence-corrected chi connectivity index (χ1v) is 9.30. The van der Waals surface area contributed by atoms with Gasteiger partial charge in [-0.25, -0.2) is 0 Å². The van der Waals surface area contributed by atoms with Crippen LogP contribution in [0.1, 0.15) is 44.5 Å². The minimum atomic E-state index is -0.192. The van der Waals surface area contributed by atoms with Gasteiger partial charge in [0.25, 0.3) is 5.91 Å². The van der Waals surface area contributed by atoms with Gasteiger partial charge in [-0.15, -0.1) is 0 Å². The van der Waals surface area contributed by atoms with Crippen LogP contribution < -0.4 is 15.4 Å². The van der Waals surface area contributed by atoms with Gasteiger partial charge in [0, 0.05) is 22.9 Å². The zero-order chi connectivity index (χ0) is 19.8. The topological polar surface area (TPSA) is 67.4 Å². The number of hydrogen-bond acceptors (Lipinski definition) is 3. The van der Waals surface area contributed by atoms with Gasteiger partial charge in [-0.1, -0.05) is 27.7 Å². The third-order valence-electron chi connectivity index (χ3n) is 4.02. The quantitative estimate of drug-likeness (QED) is 0.692. The van der Waals surface area contributed by atoms with Crippen molar-refractivity contribution in [2.75, 3.05) is 17.2 Å². The molecule has 2 amide bonds. The Bertz CT molecular complexity index is 750. The number of benzene rings is 2. The number of carbonyl (C=O) groups is 2. The molecule has 0 radical (unpaired) electrons. The summed E-state index contributed by atoms with van der Waals surface area (Å²) in [5.41, 5.74) is 1.93. The number of nitrogens with one attached hydrogen (secondary N) is 2. The predicted octanol–water partition coefficient (Wildman–Crippen LogP) is 4.96. The zero-order valence-electron chi connectivity index (χ0n) is 16.4. The van der Waals surface area contributed by atoms with Crippen molar-refractivity contribution in [2.24, 2.45) is 11.8 Å². The highest BCUT2D eigenvalue weighted by Gasteiger charge is 2.09. The highest BCUT2D eigenvalue weighted by molar-refractivity contribution is 6.04. The highest BCUT2D eigenvalue weighted by Crippen LogP contribution is 2.17. The van der Waals surface area contributed by atoms with Gasteiger partial charge in [0.1, 0.15) is 5.75 Å². The molecule has 0 heterocycles. The Morgan fingerprint density at radius 2 is 1.41 bits per heavy atom. The summed E-state index contributed by atoms with van der Waals surface area (Å²) < 4.78 is 5.67. The van der Waals surface area contributed by atoms with Crippen molar-refractivity contribution in [1.29, 1.82) is 0 Å². The summed E-state index contributed by atoms with van der Waals surface area (Å²) in [5, 5.41) is 5.66. The first-order chi connectivity index (χ1) is 12.8. The molecule has 0 saturated heterocycles. The number of ether oxygens (including phenoxy) is 1. The maximum atomic E-state index is 12.4. The molecule has 0 saturated carbocycles. The molecule has 27 heavy (non-hydrogen) atoms. The van der Waals surface area contributed by atoms with E-state index in [9.17, 15) is 9.59 Å². The van der Waals surface area contributed by atoms with Crippen LogP contribution in [0.4, 0.5) is 11.4 Å². The number of hydrogen-bond donors (Lipinski definition) is 2. The largest absolute Gasteiger partial charge is 0.494 e. The van der Waals surface area contributed by atoms with Crippen molar-refractivity contribution in [1.82, 2.24) is 0 Å². The number of rotatable bonds is 8. The lowest BCUT2D eigenvalue weighted by atomic mass is 10.1.